The Balaban J connectivity index is 1.55. The number of ether oxygens (including phenoxy) is 2. The van der Waals surface area contributed by atoms with Gasteiger partial charge in [-0.15, -0.1) is 0 Å². The van der Waals surface area contributed by atoms with E-state index in [0.717, 1.165) is 5.56 Å². The van der Waals surface area contributed by atoms with E-state index < -0.39 is 10.8 Å². The van der Waals surface area contributed by atoms with E-state index in [2.05, 4.69) is 5.32 Å². The van der Waals surface area contributed by atoms with Crippen molar-refractivity contribution in [2.75, 3.05) is 11.9 Å². The Labute approximate surface area is 161 Å². The van der Waals surface area contributed by atoms with Crippen molar-refractivity contribution in [1.29, 1.82) is 0 Å². The van der Waals surface area contributed by atoms with Gasteiger partial charge in [0.2, 0.25) is 0 Å². The van der Waals surface area contributed by atoms with Gasteiger partial charge >= 0.3 is 5.69 Å². The molecule has 0 aromatic heterocycles. The zero-order chi connectivity index (χ0) is 19.8. The van der Waals surface area contributed by atoms with E-state index in [1.807, 2.05) is 30.3 Å². The molecular formula is C21H18N2O5. The summed E-state index contributed by atoms with van der Waals surface area (Å²) in [5.41, 5.74) is 1.39. The highest BCUT2D eigenvalue weighted by atomic mass is 16.6. The number of rotatable bonds is 8. The fourth-order valence-corrected chi connectivity index (χ4v) is 2.47. The van der Waals surface area contributed by atoms with Crippen LogP contribution in [0.15, 0.2) is 78.9 Å². The Morgan fingerprint density at radius 1 is 0.929 bits per heavy atom. The fraction of sp³-hybridized carbons (Fsp3) is 0.0952. The lowest BCUT2D eigenvalue weighted by Crippen LogP contribution is -2.20. The first kappa shape index (κ1) is 18.9. The molecule has 0 unspecified atom stereocenters. The molecule has 0 saturated heterocycles. The molecule has 0 bridgehead atoms. The average molecular weight is 378 g/mol. The molecule has 1 amide bonds. The summed E-state index contributed by atoms with van der Waals surface area (Å²) in [5.74, 6) is 0.224. The minimum Gasteiger partial charge on any atom is -0.489 e. The molecule has 0 atom stereocenters. The second-order valence-electron chi connectivity index (χ2n) is 5.86. The van der Waals surface area contributed by atoms with Crippen molar-refractivity contribution in [3.8, 4) is 11.5 Å². The van der Waals surface area contributed by atoms with E-state index in [9.17, 15) is 14.9 Å². The van der Waals surface area contributed by atoms with Gasteiger partial charge < -0.3 is 14.8 Å². The van der Waals surface area contributed by atoms with E-state index in [-0.39, 0.29) is 18.0 Å². The van der Waals surface area contributed by atoms with Crippen molar-refractivity contribution >= 4 is 17.3 Å². The Hall–Kier alpha value is -3.87. The van der Waals surface area contributed by atoms with Gasteiger partial charge in [-0.25, -0.2) is 0 Å². The maximum Gasteiger partial charge on any atom is 0.310 e. The highest BCUT2D eigenvalue weighted by Gasteiger charge is 2.15. The molecule has 0 aliphatic rings. The molecule has 28 heavy (non-hydrogen) atoms. The minimum absolute atomic E-state index is 0.0441. The van der Waals surface area contributed by atoms with E-state index in [4.69, 9.17) is 9.47 Å². The predicted molar refractivity (Wildman–Crippen MR) is 104 cm³/mol. The van der Waals surface area contributed by atoms with Gasteiger partial charge in [0, 0.05) is 17.8 Å². The van der Waals surface area contributed by atoms with Gasteiger partial charge in [0.1, 0.15) is 12.4 Å². The van der Waals surface area contributed by atoms with Crippen molar-refractivity contribution in [2.45, 2.75) is 6.61 Å². The third-order valence-electron chi connectivity index (χ3n) is 3.79. The Morgan fingerprint density at radius 2 is 1.68 bits per heavy atom. The number of benzene rings is 3. The predicted octanol–water partition coefficient (Wildman–Crippen LogP) is 4.19. The topological polar surface area (TPSA) is 90.7 Å². The molecule has 3 aromatic carbocycles. The van der Waals surface area contributed by atoms with Gasteiger partial charge in [-0.1, -0.05) is 48.5 Å². The average Bonchev–Trinajstić information content (AvgIpc) is 2.72. The van der Waals surface area contributed by atoms with Crippen LogP contribution in [0.2, 0.25) is 0 Å². The maximum absolute atomic E-state index is 12.1. The van der Waals surface area contributed by atoms with Gasteiger partial charge in [0.25, 0.3) is 5.91 Å². The first-order valence-corrected chi connectivity index (χ1v) is 8.54. The normalized spacial score (nSPS) is 10.1. The molecule has 3 rings (SSSR count). The Bertz CT molecular complexity index is 960. The molecule has 0 spiro atoms. The van der Waals surface area contributed by atoms with E-state index in [0.29, 0.717) is 18.0 Å². The Morgan fingerprint density at radius 3 is 2.46 bits per heavy atom. The largest absolute Gasteiger partial charge is 0.489 e. The minimum atomic E-state index is -0.555. The first-order chi connectivity index (χ1) is 13.6. The second-order valence-corrected chi connectivity index (χ2v) is 5.86. The summed E-state index contributed by atoms with van der Waals surface area (Å²) in [6, 6.07) is 22.6. The molecular weight excluding hydrogens is 360 g/mol. The summed E-state index contributed by atoms with van der Waals surface area (Å²) in [6.07, 6.45) is 0. The smallest absolute Gasteiger partial charge is 0.310 e. The number of carbonyl (C=O) groups is 1. The second kappa shape index (κ2) is 9.18. The van der Waals surface area contributed by atoms with Crippen LogP contribution in [0, 0.1) is 10.1 Å². The zero-order valence-electron chi connectivity index (χ0n) is 14.9. The molecule has 0 radical (unpaired) electrons. The van der Waals surface area contributed by atoms with Crippen molar-refractivity contribution in [3.63, 3.8) is 0 Å². The lowest BCUT2D eigenvalue weighted by Gasteiger charge is -2.10. The molecule has 0 heterocycles. The van der Waals surface area contributed by atoms with Crippen LogP contribution in [0.4, 0.5) is 11.4 Å². The van der Waals surface area contributed by atoms with Crippen LogP contribution in [0.5, 0.6) is 11.5 Å². The summed E-state index contributed by atoms with van der Waals surface area (Å²) in [7, 11) is 0. The number of para-hydroxylation sites is 2. The number of carbonyl (C=O) groups excluding carboxylic acids is 1. The number of nitro benzene ring substituents is 1. The van der Waals surface area contributed by atoms with Crippen molar-refractivity contribution in [3.05, 3.63) is 94.5 Å². The maximum atomic E-state index is 12.1. The molecule has 7 heteroatoms. The number of nitrogens with one attached hydrogen (secondary N) is 1. The van der Waals surface area contributed by atoms with Gasteiger partial charge in [-0.3, -0.25) is 14.9 Å². The summed E-state index contributed by atoms with van der Waals surface area (Å²) in [6.45, 7) is 0.0684. The fourth-order valence-electron chi connectivity index (χ4n) is 2.47. The molecule has 142 valence electrons. The number of anilines is 1. The molecule has 0 saturated carbocycles. The van der Waals surface area contributed by atoms with Crippen LogP contribution >= 0.6 is 0 Å². The first-order valence-electron chi connectivity index (χ1n) is 8.54. The summed E-state index contributed by atoms with van der Waals surface area (Å²) < 4.78 is 11.0. The third-order valence-corrected chi connectivity index (χ3v) is 3.79. The van der Waals surface area contributed by atoms with Crippen molar-refractivity contribution in [1.82, 2.24) is 0 Å². The number of nitro groups is 1. The number of hydrogen-bond acceptors (Lipinski definition) is 5. The standard InChI is InChI=1S/C21H18N2O5/c24-21(15-28-20-12-5-4-11-19(20)23(25)26)22-17-9-6-10-18(13-17)27-14-16-7-2-1-3-8-16/h1-13H,14-15H2,(H,22,24). The van der Waals surface area contributed by atoms with Crippen LogP contribution < -0.4 is 14.8 Å². The number of nitrogens with zero attached hydrogens (tertiary/aromatic N) is 1. The van der Waals surface area contributed by atoms with E-state index >= 15 is 0 Å². The van der Waals surface area contributed by atoms with Crippen LogP contribution in [0.1, 0.15) is 5.56 Å². The lowest BCUT2D eigenvalue weighted by molar-refractivity contribution is -0.385. The van der Waals surface area contributed by atoms with Crippen LogP contribution in [-0.2, 0) is 11.4 Å². The summed E-state index contributed by atoms with van der Waals surface area (Å²) in [4.78, 5) is 22.5. The lowest BCUT2D eigenvalue weighted by atomic mass is 10.2. The number of hydrogen-bond donors (Lipinski definition) is 1. The zero-order valence-corrected chi connectivity index (χ0v) is 14.9. The molecule has 0 fully saturated rings. The summed E-state index contributed by atoms with van der Waals surface area (Å²) >= 11 is 0. The quantitative estimate of drug-likeness (QED) is 0.469. The van der Waals surface area contributed by atoms with Crippen LogP contribution in [-0.4, -0.2) is 17.4 Å². The van der Waals surface area contributed by atoms with Gasteiger partial charge in [0.15, 0.2) is 12.4 Å². The van der Waals surface area contributed by atoms with Crippen molar-refractivity contribution < 1.29 is 19.2 Å². The van der Waals surface area contributed by atoms with E-state index in [1.54, 1.807) is 30.3 Å². The van der Waals surface area contributed by atoms with Crippen molar-refractivity contribution in [2.24, 2.45) is 0 Å². The number of amides is 1. The highest BCUT2D eigenvalue weighted by Crippen LogP contribution is 2.25. The van der Waals surface area contributed by atoms with Gasteiger partial charge in [0.05, 0.1) is 4.92 Å². The molecule has 7 nitrogen and oxygen atoms in total. The Kier molecular flexibility index (Phi) is 6.20. The highest BCUT2D eigenvalue weighted by molar-refractivity contribution is 5.92. The third kappa shape index (κ3) is 5.31. The summed E-state index contributed by atoms with van der Waals surface area (Å²) in [5, 5.41) is 13.7. The van der Waals surface area contributed by atoms with Gasteiger partial charge in [-0.05, 0) is 23.8 Å². The van der Waals surface area contributed by atoms with E-state index in [1.165, 1.54) is 18.2 Å². The molecule has 3 aromatic rings. The SMILES string of the molecule is O=C(COc1ccccc1[N+](=O)[O-])Nc1cccc(OCc2ccccc2)c1. The monoisotopic (exact) mass is 378 g/mol. The van der Waals surface area contributed by atoms with Gasteiger partial charge in [-0.2, -0.15) is 0 Å². The molecule has 0 aliphatic carbocycles. The van der Waals surface area contributed by atoms with Crippen LogP contribution in [0.25, 0.3) is 0 Å². The molecule has 0 aliphatic heterocycles. The van der Waals surface area contributed by atoms with Crippen LogP contribution in [0.3, 0.4) is 0 Å². The molecule has 1 N–H and O–H groups in total.